The first kappa shape index (κ1) is 16.6. The highest BCUT2D eigenvalue weighted by molar-refractivity contribution is 8.00. The van der Waals surface area contributed by atoms with Gasteiger partial charge in [0, 0.05) is 11.8 Å². The molecule has 1 aliphatic rings. The summed E-state index contributed by atoms with van der Waals surface area (Å²) in [5.74, 6) is 2.17. The second-order valence-corrected chi connectivity index (χ2v) is 7.06. The lowest BCUT2D eigenvalue weighted by Crippen LogP contribution is -2.32. The van der Waals surface area contributed by atoms with Crippen LogP contribution in [0.4, 0.5) is 0 Å². The monoisotopic (exact) mass is 312 g/mol. The Morgan fingerprint density at radius 2 is 2.38 bits per heavy atom. The molecule has 2 atom stereocenters. The molecular weight excluding hydrogens is 284 g/mol. The summed E-state index contributed by atoms with van der Waals surface area (Å²) in [5, 5.41) is 8.82. The van der Waals surface area contributed by atoms with E-state index in [0.717, 1.165) is 25.4 Å². The lowest BCUT2D eigenvalue weighted by molar-refractivity contribution is 0.352. The number of ether oxygens (including phenoxy) is 1. The van der Waals surface area contributed by atoms with Gasteiger partial charge in [-0.25, -0.2) is 0 Å². The van der Waals surface area contributed by atoms with Gasteiger partial charge >= 0.3 is 0 Å². The molecule has 0 radical (unpaired) electrons. The zero-order valence-electron chi connectivity index (χ0n) is 13.6. The highest BCUT2D eigenvalue weighted by Gasteiger charge is 2.31. The summed E-state index contributed by atoms with van der Waals surface area (Å²) in [4.78, 5) is 2.19. The van der Waals surface area contributed by atoms with Crippen LogP contribution in [0.3, 0.4) is 0 Å². The number of nitrogens with zero attached hydrogens (tertiary/aromatic N) is 3. The van der Waals surface area contributed by atoms with E-state index in [4.69, 9.17) is 4.74 Å². The zero-order chi connectivity index (χ0) is 15.2. The van der Waals surface area contributed by atoms with Gasteiger partial charge < -0.3 is 15.0 Å². The minimum atomic E-state index is 0.321. The number of hydrogen-bond acceptors (Lipinski definition) is 5. The number of methoxy groups -OCH3 is 1. The standard InChI is InChI=1S/C15H28N4OS/c1-5-16-14(13-7-6-10-21-13)15-12(20-4)11-17-19(15)9-8-18(2)3/h11,13-14,16H,5-10H2,1-4H3. The topological polar surface area (TPSA) is 42.3 Å². The summed E-state index contributed by atoms with van der Waals surface area (Å²) in [7, 11) is 5.92. The van der Waals surface area contributed by atoms with Gasteiger partial charge in [0.15, 0.2) is 5.75 Å². The van der Waals surface area contributed by atoms with Gasteiger partial charge in [0.05, 0.1) is 31.6 Å². The molecule has 0 spiro atoms. The molecule has 1 saturated heterocycles. The second kappa shape index (κ2) is 8.06. The lowest BCUT2D eigenvalue weighted by Gasteiger charge is -2.26. The van der Waals surface area contributed by atoms with E-state index < -0.39 is 0 Å². The zero-order valence-corrected chi connectivity index (χ0v) is 14.4. The van der Waals surface area contributed by atoms with Gasteiger partial charge in [-0.05, 0) is 39.2 Å². The number of nitrogens with one attached hydrogen (secondary N) is 1. The molecule has 2 heterocycles. The second-order valence-electron chi connectivity index (χ2n) is 5.71. The highest BCUT2D eigenvalue weighted by atomic mass is 32.2. The first-order valence-electron chi connectivity index (χ1n) is 7.76. The number of likely N-dealkylation sites (N-methyl/N-ethyl adjacent to an activating group) is 1. The van der Waals surface area contributed by atoms with Crippen molar-refractivity contribution in [2.75, 3.05) is 40.0 Å². The molecule has 0 saturated carbocycles. The van der Waals surface area contributed by atoms with Gasteiger partial charge in [-0.3, -0.25) is 4.68 Å². The minimum absolute atomic E-state index is 0.321. The van der Waals surface area contributed by atoms with Gasteiger partial charge in [0.25, 0.3) is 0 Å². The summed E-state index contributed by atoms with van der Waals surface area (Å²) >= 11 is 2.07. The summed E-state index contributed by atoms with van der Waals surface area (Å²) in [6, 6.07) is 0.321. The van der Waals surface area contributed by atoms with Crippen LogP contribution < -0.4 is 10.1 Å². The maximum absolute atomic E-state index is 5.57. The van der Waals surface area contributed by atoms with Crippen LogP contribution >= 0.6 is 11.8 Å². The summed E-state index contributed by atoms with van der Waals surface area (Å²) in [5.41, 5.74) is 1.21. The van der Waals surface area contributed by atoms with Crippen LogP contribution in [0.25, 0.3) is 0 Å². The Labute approximate surface area is 132 Å². The highest BCUT2D eigenvalue weighted by Crippen LogP contribution is 2.38. The first-order chi connectivity index (χ1) is 10.2. The van der Waals surface area contributed by atoms with E-state index in [-0.39, 0.29) is 0 Å². The fourth-order valence-corrected chi connectivity index (χ4v) is 4.20. The molecule has 0 aliphatic carbocycles. The Kier molecular flexibility index (Phi) is 6.39. The Hall–Kier alpha value is -0.720. The predicted octanol–water partition coefficient (Wildman–Crippen LogP) is 2.00. The van der Waals surface area contributed by atoms with E-state index >= 15 is 0 Å². The van der Waals surface area contributed by atoms with Crippen LogP contribution in [0.2, 0.25) is 0 Å². The van der Waals surface area contributed by atoms with Gasteiger partial charge in [0.1, 0.15) is 0 Å². The SMILES string of the molecule is CCNC(c1c(OC)cnn1CCN(C)C)C1CCCS1. The van der Waals surface area contributed by atoms with Crippen molar-refractivity contribution < 1.29 is 4.74 Å². The molecule has 0 bridgehead atoms. The number of aromatic nitrogens is 2. The molecular formula is C15H28N4OS. The van der Waals surface area contributed by atoms with Crippen LogP contribution in [0, 0.1) is 0 Å². The Bertz CT molecular complexity index is 429. The van der Waals surface area contributed by atoms with Crippen LogP contribution in [-0.2, 0) is 6.54 Å². The Morgan fingerprint density at radius 1 is 1.57 bits per heavy atom. The predicted molar refractivity (Wildman–Crippen MR) is 89.2 cm³/mol. The fourth-order valence-electron chi connectivity index (χ4n) is 2.81. The van der Waals surface area contributed by atoms with Crippen molar-refractivity contribution in [1.29, 1.82) is 0 Å². The van der Waals surface area contributed by atoms with E-state index in [1.54, 1.807) is 7.11 Å². The molecule has 1 aromatic rings. The smallest absolute Gasteiger partial charge is 0.161 e. The average Bonchev–Trinajstić information content (AvgIpc) is 3.11. The summed E-state index contributed by atoms with van der Waals surface area (Å²) in [6.45, 7) is 5.00. The van der Waals surface area contributed by atoms with Crippen LogP contribution in [-0.4, -0.2) is 60.0 Å². The third-order valence-corrected chi connectivity index (χ3v) is 5.34. The molecule has 0 amide bonds. The van der Waals surface area contributed by atoms with E-state index in [0.29, 0.717) is 11.3 Å². The van der Waals surface area contributed by atoms with Gasteiger partial charge in [0.2, 0.25) is 0 Å². The molecule has 2 unspecified atom stereocenters. The van der Waals surface area contributed by atoms with Gasteiger partial charge in [-0.1, -0.05) is 6.92 Å². The quantitative estimate of drug-likeness (QED) is 0.795. The molecule has 21 heavy (non-hydrogen) atoms. The van der Waals surface area contributed by atoms with Crippen molar-refractivity contribution in [3.05, 3.63) is 11.9 Å². The summed E-state index contributed by atoms with van der Waals surface area (Å²) < 4.78 is 7.69. The van der Waals surface area contributed by atoms with Crippen molar-refractivity contribution in [3.63, 3.8) is 0 Å². The van der Waals surface area contributed by atoms with Crippen LogP contribution in [0.5, 0.6) is 5.75 Å². The maximum Gasteiger partial charge on any atom is 0.161 e. The molecule has 1 aromatic heterocycles. The lowest BCUT2D eigenvalue weighted by atomic mass is 10.1. The summed E-state index contributed by atoms with van der Waals surface area (Å²) in [6.07, 6.45) is 4.44. The fraction of sp³-hybridized carbons (Fsp3) is 0.800. The van der Waals surface area contributed by atoms with Gasteiger partial charge in [-0.15, -0.1) is 0 Å². The molecule has 120 valence electrons. The Morgan fingerprint density at radius 3 is 2.95 bits per heavy atom. The minimum Gasteiger partial charge on any atom is -0.493 e. The molecule has 2 rings (SSSR count). The maximum atomic E-state index is 5.57. The third kappa shape index (κ3) is 4.14. The van der Waals surface area contributed by atoms with Crippen molar-refractivity contribution in [3.8, 4) is 5.75 Å². The van der Waals surface area contributed by atoms with Crippen molar-refractivity contribution in [1.82, 2.24) is 20.0 Å². The largest absolute Gasteiger partial charge is 0.493 e. The van der Waals surface area contributed by atoms with Crippen molar-refractivity contribution in [2.45, 2.75) is 37.6 Å². The van der Waals surface area contributed by atoms with E-state index in [2.05, 4.69) is 52.8 Å². The van der Waals surface area contributed by atoms with Crippen molar-refractivity contribution in [2.24, 2.45) is 0 Å². The first-order valence-corrected chi connectivity index (χ1v) is 8.81. The van der Waals surface area contributed by atoms with E-state index in [1.165, 1.54) is 24.3 Å². The molecule has 1 N–H and O–H groups in total. The molecule has 0 aromatic carbocycles. The van der Waals surface area contributed by atoms with Crippen molar-refractivity contribution >= 4 is 11.8 Å². The third-order valence-electron chi connectivity index (χ3n) is 3.88. The van der Waals surface area contributed by atoms with E-state index in [9.17, 15) is 0 Å². The van der Waals surface area contributed by atoms with E-state index in [1.807, 2.05) is 6.20 Å². The normalized spacial score (nSPS) is 20.1. The number of thioether (sulfide) groups is 1. The van der Waals surface area contributed by atoms with Crippen LogP contribution in [0.15, 0.2) is 6.20 Å². The number of rotatable bonds is 8. The average molecular weight is 312 g/mol. The van der Waals surface area contributed by atoms with Crippen LogP contribution in [0.1, 0.15) is 31.5 Å². The van der Waals surface area contributed by atoms with Gasteiger partial charge in [-0.2, -0.15) is 16.9 Å². The molecule has 1 fully saturated rings. The molecule has 1 aliphatic heterocycles. The molecule has 5 nitrogen and oxygen atoms in total. The molecule has 6 heteroatoms. The number of hydrogen-bond donors (Lipinski definition) is 1. The Balaban J connectivity index is 2.25.